The van der Waals surface area contributed by atoms with Crippen LogP contribution in [0.2, 0.25) is 0 Å². The Labute approximate surface area is 133 Å². The Morgan fingerprint density at radius 3 is 2.64 bits per heavy atom. The first-order chi connectivity index (χ1) is 10.5. The molecule has 2 N–H and O–H groups in total. The molecule has 1 amide bonds. The monoisotopic (exact) mass is 363 g/mol. The van der Waals surface area contributed by atoms with Gasteiger partial charge in [-0.05, 0) is 18.2 Å². The topological polar surface area (TPSA) is 105 Å². The number of nitrogens with zero attached hydrogens (tertiary/aromatic N) is 2. The van der Waals surface area contributed by atoms with E-state index in [1.807, 2.05) is 0 Å². The molecule has 2 rings (SSSR count). The Morgan fingerprint density at radius 2 is 2.00 bits per heavy atom. The lowest BCUT2D eigenvalue weighted by Gasteiger charge is -2.02. The molecule has 0 saturated heterocycles. The minimum atomic E-state index is -0.708. The van der Waals surface area contributed by atoms with Crippen LogP contribution in [0, 0.1) is 10.1 Å². The zero-order valence-corrected chi connectivity index (χ0v) is 12.6. The van der Waals surface area contributed by atoms with Gasteiger partial charge < -0.3 is 5.11 Å². The Bertz CT molecular complexity index is 747. The summed E-state index contributed by atoms with van der Waals surface area (Å²) in [6, 6.07) is 11.1. The molecule has 0 aromatic heterocycles. The van der Waals surface area contributed by atoms with Crippen LogP contribution in [-0.2, 0) is 0 Å². The molecule has 112 valence electrons. The number of nitro groups is 1. The Balaban J connectivity index is 2.17. The van der Waals surface area contributed by atoms with Gasteiger partial charge in [0.2, 0.25) is 5.75 Å². The molecule has 0 saturated carbocycles. The molecule has 0 spiro atoms. The SMILES string of the molecule is O=C(NN=Cc1cc(Br)cc([N+](=O)[O-])c1O)c1ccccc1. The summed E-state index contributed by atoms with van der Waals surface area (Å²) >= 11 is 3.11. The van der Waals surface area contributed by atoms with E-state index in [1.54, 1.807) is 30.3 Å². The van der Waals surface area contributed by atoms with Crippen LogP contribution in [0.4, 0.5) is 5.69 Å². The van der Waals surface area contributed by atoms with Crippen molar-refractivity contribution in [1.82, 2.24) is 5.43 Å². The number of benzene rings is 2. The summed E-state index contributed by atoms with van der Waals surface area (Å²) in [6.07, 6.45) is 1.13. The number of phenols is 1. The van der Waals surface area contributed by atoms with Crippen LogP contribution in [-0.4, -0.2) is 22.2 Å². The lowest BCUT2D eigenvalue weighted by atomic mass is 10.2. The van der Waals surface area contributed by atoms with Gasteiger partial charge in [-0.2, -0.15) is 5.10 Å². The molecule has 2 aromatic carbocycles. The predicted molar refractivity (Wildman–Crippen MR) is 84.0 cm³/mol. The van der Waals surface area contributed by atoms with Gasteiger partial charge in [0.25, 0.3) is 5.91 Å². The smallest absolute Gasteiger partial charge is 0.312 e. The van der Waals surface area contributed by atoms with E-state index in [1.165, 1.54) is 12.1 Å². The average Bonchev–Trinajstić information content (AvgIpc) is 2.50. The molecule has 22 heavy (non-hydrogen) atoms. The molecule has 2 aromatic rings. The molecular weight excluding hydrogens is 354 g/mol. The van der Waals surface area contributed by atoms with E-state index < -0.39 is 22.3 Å². The maximum atomic E-state index is 11.8. The Hall–Kier alpha value is -2.74. The maximum absolute atomic E-state index is 11.8. The van der Waals surface area contributed by atoms with Crippen molar-refractivity contribution in [3.8, 4) is 5.75 Å². The summed E-state index contributed by atoms with van der Waals surface area (Å²) < 4.78 is 0.410. The van der Waals surface area contributed by atoms with E-state index in [4.69, 9.17) is 0 Å². The van der Waals surface area contributed by atoms with E-state index in [2.05, 4.69) is 26.5 Å². The van der Waals surface area contributed by atoms with Crippen molar-refractivity contribution in [2.75, 3.05) is 0 Å². The third kappa shape index (κ3) is 3.67. The highest BCUT2D eigenvalue weighted by atomic mass is 79.9. The van der Waals surface area contributed by atoms with Gasteiger partial charge in [-0.1, -0.05) is 34.1 Å². The van der Waals surface area contributed by atoms with E-state index in [0.29, 0.717) is 10.0 Å². The molecule has 0 radical (unpaired) electrons. The largest absolute Gasteiger partial charge is 0.502 e. The number of carbonyl (C=O) groups is 1. The van der Waals surface area contributed by atoms with Crippen LogP contribution in [0.5, 0.6) is 5.75 Å². The average molecular weight is 364 g/mol. The molecule has 0 aliphatic carbocycles. The second-order valence-electron chi connectivity index (χ2n) is 4.19. The molecule has 0 aliphatic heterocycles. The zero-order chi connectivity index (χ0) is 16.1. The number of hydrazone groups is 1. The first kappa shape index (κ1) is 15.6. The van der Waals surface area contributed by atoms with Gasteiger partial charge in [0, 0.05) is 21.7 Å². The van der Waals surface area contributed by atoms with Gasteiger partial charge in [-0.25, -0.2) is 5.43 Å². The third-order valence-electron chi connectivity index (χ3n) is 2.69. The quantitative estimate of drug-likeness (QED) is 0.494. The number of hydrogen-bond donors (Lipinski definition) is 2. The van der Waals surface area contributed by atoms with Crippen LogP contribution in [0.1, 0.15) is 15.9 Å². The highest BCUT2D eigenvalue weighted by Gasteiger charge is 2.17. The van der Waals surface area contributed by atoms with Gasteiger partial charge in [0.1, 0.15) is 0 Å². The summed E-state index contributed by atoms with van der Waals surface area (Å²) in [5.74, 6) is -0.952. The summed E-state index contributed by atoms with van der Waals surface area (Å²) in [4.78, 5) is 21.9. The van der Waals surface area contributed by atoms with Crippen molar-refractivity contribution in [3.05, 3.63) is 68.2 Å². The van der Waals surface area contributed by atoms with Crippen molar-refractivity contribution in [2.24, 2.45) is 5.10 Å². The molecule has 0 unspecified atom stereocenters. The van der Waals surface area contributed by atoms with Crippen molar-refractivity contribution in [2.45, 2.75) is 0 Å². The van der Waals surface area contributed by atoms with E-state index in [0.717, 1.165) is 6.21 Å². The fraction of sp³-hybridized carbons (Fsp3) is 0. The van der Waals surface area contributed by atoms with Crippen LogP contribution in [0.15, 0.2) is 52.0 Å². The van der Waals surface area contributed by atoms with Crippen molar-refractivity contribution >= 4 is 33.7 Å². The van der Waals surface area contributed by atoms with E-state index in [9.17, 15) is 20.0 Å². The zero-order valence-electron chi connectivity index (χ0n) is 11.1. The van der Waals surface area contributed by atoms with Crippen LogP contribution < -0.4 is 5.43 Å². The fourth-order valence-electron chi connectivity index (χ4n) is 1.66. The van der Waals surface area contributed by atoms with Gasteiger partial charge in [-0.3, -0.25) is 14.9 Å². The molecule has 0 atom stereocenters. The van der Waals surface area contributed by atoms with Gasteiger partial charge >= 0.3 is 5.69 Å². The standard InChI is InChI=1S/C14H10BrN3O4/c15-11-6-10(13(19)12(7-11)18(21)22)8-16-17-14(20)9-4-2-1-3-5-9/h1-8,19H,(H,17,20). The molecular formula is C14H10BrN3O4. The highest BCUT2D eigenvalue weighted by Crippen LogP contribution is 2.32. The Morgan fingerprint density at radius 1 is 1.32 bits per heavy atom. The first-order valence-corrected chi connectivity index (χ1v) is 6.83. The minimum absolute atomic E-state index is 0.106. The number of nitrogens with one attached hydrogen (secondary N) is 1. The van der Waals surface area contributed by atoms with Gasteiger partial charge in [0.05, 0.1) is 11.1 Å². The number of aromatic hydroxyl groups is 1. The number of phenolic OH excluding ortho intramolecular Hbond substituents is 1. The van der Waals surface area contributed by atoms with Gasteiger partial charge in [0.15, 0.2) is 0 Å². The van der Waals surface area contributed by atoms with Crippen LogP contribution in [0.3, 0.4) is 0 Å². The highest BCUT2D eigenvalue weighted by molar-refractivity contribution is 9.10. The second kappa shape index (κ2) is 6.81. The van der Waals surface area contributed by atoms with Crippen LogP contribution >= 0.6 is 15.9 Å². The van der Waals surface area contributed by atoms with Crippen molar-refractivity contribution in [3.63, 3.8) is 0 Å². The lowest BCUT2D eigenvalue weighted by Crippen LogP contribution is -2.17. The first-order valence-electron chi connectivity index (χ1n) is 6.04. The molecule has 0 aliphatic rings. The number of hydrogen-bond acceptors (Lipinski definition) is 5. The second-order valence-corrected chi connectivity index (χ2v) is 5.10. The third-order valence-corrected chi connectivity index (χ3v) is 3.14. The number of rotatable bonds is 4. The molecule has 0 bridgehead atoms. The van der Waals surface area contributed by atoms with E-state index >= 15 is 0 Å². The number of halogens is 1. The summed E-state index contributed by atoms with van der Waals surface area (Å²) in [5, 5.41) is 24.3. The number of amides is 1. The molecule has 7 nitrogen and oxygen atoms in total. The summed E-state index contributed by atoms with van der Waals surface area (Å²) in [5.41, 5.74) is 2.35. The van der Waals surface area contributed by atoms with Crippen LogP contribution in [0.25, 0.3) is 0 Å². The normalized spacial score (nSPS) is 10.6. The van der Waals surface area contributed by atoms with Crippen molar-refractivity contribution in [1.29, 1.82) is 0 Å². The lowest BCUT2D eigenvalue weighted by molar-refractivity contribution is -0.385. The van der Waals surface area contributed by atoms with Gasteiger partial charge in [-0.15, -0.1) is 0 Å². The molecule has 0 heterocycles. The Kier molecular flexibility index (Phi) is 4.84. The fourth-order valence-corrected chi connectivity index (χ4v) is 2.12. The number of nitro benzene ring substituents is 1. The number of carbonyl (C=O) groups excluding carboxylic acids is 1. The minimum Gasteiger partial charge on any atom is -0.502 e. The van der Waals surface area contributed by atoms with E-state index in [-0.39, 0.29) is 5.56 Å². The predicted octanol–water partition coefficient (Wildman–Crippen LogP) is 2.83. The summed E-state index contributed by atoms with van der Waals surface area (Å²) in [6.45, 7) is 0. The maximum Gasteiger partial charge on any atom is 0.312 e. The molecule has 8 heteroatoms. The molecule has 0 fully saturated rings. The van der Waals surface area contributed by atoms with Crippen molar-refractivity contribution < 1.29 is 14.8 Å². The summed E-state index contributed by atoms with van der Waals surface area (Å²) in [7, 11) is 0.